The zero-order valence-electron chi connectivity index (χ0n) is 9.02. The van der Waals surface area contributed by atoms with Gasteiger partial charge in [-0.15, -0.1) is 11.3 Å². The number of amides is 1. The van der Waals surface area contributed by atoms with E-state index in [1.54, 1.807) is 0 Å². The van der Waals surface area contributed by atoms with E-state index in [0.717, 1.165) is 11.0 Å². The van der Waals surface area contributed by atoms with Gasteiger partial charge in [0.25, 0.3) is 5.91 Å². The van der Waals surface area contributed by atoms with Crippen molar-refractivity contribution in [2.24, 2.45) is 5.84 Å². The van der Waals surface area contributed by atoms with Crippen LogP contribution in [-0.4, -0.2) is 15.9 Å². The first-order chi connectivity index (χ1) is 7.63. The maximum atomic E-state index is 11.6. The zero-order chi connectivity index (χ0) is 11.7. The van der Waals surface area contributed by atoms with Crippen LogP contribution in [0.25, 0.3) is 11.0 Å². The van der Waals surface area contributed by atoms with Gasteiger partial charge in [0.1, 0.15) is 5.52 Å². The molecule has 5 nitrogen and oxygen atoms in total. The quantitative estimate of drug-likeness (QED) is 0.469. The summed E-state index contributed by atoms with van der Waals surface area (Å²) in [7, 11) is 0. The van der Waals surface area contributed by atoms with Crippen LogP contribution in [0, 0.1) is 0 Å². The Balaban J connectivity index is 2.67. The monoisotopic (exact) mass is 236 g/mol. The van der Waals surface area contributed by atoms with Crippen LogP contribution in [0.3, 0.4) is 0 Å². The number of carbonyl (C=O) groups excluding carboxylic acids is 1. The second kappa shape index (κ2) is 4.15. The minimum absolute atomic E-state index is 0.129. The highest BCUT2D eigenvalue weighted by Gasteiger charge is 2.17. The van der Waals surface area contributed by atoms with Gasteiger partial charge in [-0.2, -0.15) is 0 Å². The number of nitrogens with zero attached hydrogens (tertiary/aromatic N) is 2. The molecule has 0 radical (unpaired) electrons. The standard InChI is InChI=1S/C10H12N4OS/c1-5(2)8-9(10(15)14-11)13-7-4-16-3-6(7)12-8/h3-5H,11H2,1-2H3,(H,14,15). The van der Waals surface area contributed by atoms with Crippen molar-refractivity contribution >= 4 is 28.3 Å². The molecule has 0 aliphatic rings. The maximum Gasteiger partial charge on any atom is 0.285 e. The first-order valence-corrected chi connectivity index (χ1v) is 5.82. The fourth-order valence-electron chi connectivity index (χ4n) is 1.45. The van der Waals surface area contributed by atoms with Crippen LogP contribution in [0.2, 0.25) is 0 Å². The third-order valence-corrected chi connectivity index (χ3v) is 2.95. The van der Waals surface area contributed by atoms with Crippen molar-refractivity contribution in [3.05, 3.63) is 22.1 Å². The fraction of sp³-hybridized carbons (Fsp3) is 0.300. The average molecular weight is 236 g/mol. The van der Waals surface area contributed by atoms with Gasteiger partial charge in [0.2, 0.25) is 0 Å². The van der Waals surface area contributed by atoms with Gasteiger partial charge in [-0.1, -0.05) is 13.8 Å². The lowest BCUT2D eigenvalue weighted by molar-refractivity contribution is 0.0947. The van der Waals surface area contributed by atoms with Crippen LogP contribution in [0.5, 0.6) is 0 Å². The van der Waals surface area contributed by atoms with E-state index in [4.69, 9.17) is 5.84 Å². The molecule has 2 aromatic heterocycles. The molecule has 2 rings (SSSR count). The van der Waals surface area contributed by atoms with Crippen molar-refractivity contribution in [3.63, 3.8) is 0 Å². The summed E-state index contributed by atoms with van der Waals surface area (Å²) in [4.78, 5) is 20.3. The van der Waals surface area contributed by atoms with Crippen molar-refractivity contribution in [3.8, 4) is 0 Å². The Hall–Kier alpha value is -1.53. The van der Waals surface area contributed by atoms with Gasteiger partial charge in [0.05, 0.1) is 11.2 Å². The van der Waals surface area contributed by atoms with E-state index in [0.29, 0.717) is 11.4 Å². The number of hydrogen-bond acceptors (Lipinski definition) is 5. The highest BCUT2D eigenvalue weighted by atomic mass is 32.1. The average Bonchev–Trinajstić information content (AvgIpc) is 2.73. The van der Waals surface area contributed by atoms with E-state index in [2.05, 4.69) is 15.4 Å². The smallest absolute Gasteiger partial charge is 0.285 e. The molecule has 16 heavy (non-hydrogen) atoms. The zero-order valence-corrected chi connectivity index (χ0v) is 9.84. The first-order valence-electron chi connectivity index (χ1n) is 4.88. The molecule has 0 saturated carbocycles. The summed E-state index contributed by atoms with van der Waals surface area (Å²) < 4.78 is 0. The van der Waals surface area contributed by atoms with Crippen LogP contribution < -0.4 is 11.3 Å². The Labute approximate surface area is 96.7 Å². The Kier molecular flexibility index (Phi) is 2.84. The second-order valence-electron chi connectivity index (χ2n) is 3.73. The summed E-state index contributed by atoms with van der Waals surface area (Å²) in [5.74, 6) is 4.86. The number of thiophene rings is 1. The number of hydrogen-bond donors (Lipinski definition) is 2. The molecule has 3 N–H and O–H groups in total. The van der Waals surface area contributed by atoms with Gasteiger partial charge >= 0.3 is 0 Å². The minimum atomic E-state index is -0.399. The Morgan fingerprint density at radius 1 is 1.38 bits per heavy atom. The summed E-state index contributed by atoms with van der Waals surface area (Å²) in [5.41, 5.74) is 4.63. The SMILES string of the molecule is CC(C)c1nc2cscc2nc1C(=O)NN. The van der Waals surface area contributed by atoms with Crippen LogP contribution >= 0.6 is 11.3 Å². The molecular weight excluding hydrogens is 224 g/mol. The maximum absolute atomic E-state index is 11.6. The number of nitrogens with one attached hydrogen (secondary N) is 1. The normalized spacial score (nSPS) is 11.0. The lowest BCUT2D eigenvalue weighted by Crippen LogP contribution is -2.32. The highest BCUT2D eigenvalue weighted by molar-refractivity contribution is 7.09. The lowest BCUT2D eigenvalue weighted by Gasteiger charge is -2.09. The Bertz CT molecular complexity index is 535. The molecule has 0 aromatic carbocycles. The molecule has 0 saturated heterocycles. The number of nitrogen functional groups attached to an aromatic ring is 1. The van der Waals surface area contributed by atoms with Crippen molar-refractivity contribution in [2.75, 3.05) is 0 Å². The number of rotatable bonds is 2. The fourth-order valence-corrected chi connectivity index (χ4v) is 2.12. The van der Waals surface area contributed by atoms with E-state index in [1.165, 1.54) is 11.3 Å². The summed E-state index contributed by atoms with van der Waals surface area (Å²) >= 11 is 1.51. The molecular formula is C10H12N4OS. The predicted molar refractivity (Wildman–Crippen MR) is 63.2 cm³/mol. The van der Waals surface area contributed by atoms with Gasteiger partial charge in [-0.05, 0) is 5.92 Å². The third kappa shape index (κ3) is 1.77. The Morgan fingerprint density at radius 2 is 2.00 bits per heavy atom. The summed E-state index contributed by atoms with van der Waals surface area (Å²) in [6, 6.07) is 0. The van der Waals surface area contributed by atoms with E-state index in [-0.39, 0.29) is 5.92 Å². The summed E-state index contributed by atoms with van der Waals surface area (Å²) in [5, 5.41) is 3.78. The highest BCUT2D eigenvalue weighted by Crippen LogP contribution is 2.21. The largest absolute Gasteiger partial charge is 0.289 e. The first kappa shape index (κ1) is 11.0. The van der Waals surface area contributed by atoms with Crippen molar-refractivity contribution in [1.29, 1.82) is 0 Å². The van der Waals surface area contributed by atoms with Crippen molar-refractivity contribution < 1.29 is 4.79 Å². The van der Waals surface area contributed by atoms with Gasteiger partial charge in [-0.3, -0.25) is 10.2 Å². The summed E-state index contributed by atoms with van der Waals surface area (Å²) in [6.07, 6.45) is 0. The molecule has 2 heterocycles. The van der Waals surface area contributed by atoms with Crippen LogP contribution in [-0.2, 0) is 0 Å². The number of nitrogens with two attached hydrogens (primary N) is 1. The van der Waals surface area contributed by atoms with Crippen LogP contribution in [0.1, 0.15) is 35.9 Å². The minimum Gasteiger partial charge on any atom is -0.289 e. The molecule has 0 spiro atoms. The van der Waals surface area contributed by atoms with Gasteiger partial charge < -0.3 is 0 Å². The van der Waals surface area contributed by atoms with Gasteiger partial charge in [-0.25, -0.2) is 15.8 Å². The molecule has 2 aromatic rings. The molecule has 1 amide bonds. The van der Waals surface area contributed by atoms with Crippen molar-refractivity contribution in [1.82, 2.24) is 15.4 Å². The molecule has 0 atom stereocenters. The third-order valence-electron chi connectivity index (χ3n) is 2.23. The number of hydrazine groups is 1. The number of aromatic nitrogens is 2. The van der Waals surface area contributed by atoms with Gasteiger partial charge in [0, 0.05) is 10.8 Å². The predicted octanol–water partition coefficient (Wildman–Crippen LogP) is 1.42. The molecule has 6 heteroatoms. The number of fused-ring (bicyclic) bond motifs is 1. The van der Waals surface area contributed by atoms with Crippen LogP contribution in [0.15, 0.2) is 10.8 Å². The van der Waals surface area contributed by atoms with Gasteiger partial charge in [0.15, 0.2) is 5.69 Å². The van der Waals surface area contributed by atoms with E-state index >= 15 is 0 Å². The molecule has 0 aliphatic heterocycles. The summed E-state index contributed by atoms with van der Waals surface area (Å²) in [6.45, 7) is 3.94. The van der Waals surface area contributed by atoms with E-state index in [1.807, 2.05) is 24.6 Å². The second-order valence-corrected chi connectivity index (χ2v) is 4.47. The molecule has 0 fully saturated rings. The van der Waals surface area contributed by atoms with Crippen molar-refractivity contribution in [2.45, 2.75) is 19.8 Å². The van der Waals surface area contributed by atoms with Crippen LogP contribution in [0.4, 0.5) is 0 Å². The molecule has 0 unspecified atom stereocenters. The lowest BCUT2D eigenvalue weighted by atomic mass is 10.1. The topological polar surface area (TPSA) is 80.9 Å². The molecule has 84 valence electrons. The number of carbonyl (C=O) groups is 1. The molecule has 0 bridgehead atoms. The van der Waals surface area contributed by atoms with E-state index in [9.17, 15) is 4.79 Å². The molecule has 0 aliphatic carbocycles. The van der Waals surface area contributed by atoms with E-state index < -0.39 is 5.91 Å². The Morgan fingerprint density at radius 3 is 2.56 bits per heavy atom.